The summed E-state index contributed by atoms with van der Waals surface area (Å²) in [6, 6.07) is 6.81. The first kappa shape index (κ1) is 15.6. The molecule has 1 N–H and O–H groups in total. The van der Waals surface area contributed by atoms with Crippen LogP contribution < -0.4 is 10.2 Å². The molecule has 1 aromatic rings. The van der Waals surface area contributed by atoms with Gasteiger partial charge in [-0.1, -0.05) is 30.7 Å². The molecule has 0 saturated carbocycles. The number of hydrogen-bond donors (Lipinski definition) is 1. The van der Waals surface area contributed by atoms with E-state index in [0.29, 0.717) is 6.04 Å². The molecule has 1 fully saturated rings. The van der Waals surface area contributed by atoms with Gasteiger partial charge in [-0.15, -0.1) is 0 Å². The maximum absolute atomic E-state index is 6.47. The Kier molecular flexibility index (Phi) is 5.70. The van der Waals surface area contributed by atoms with E-state index >= 15 is 0 Å². The molecule has 0 atom stereocenters. The first-order valence-corrected chi connectivity index (χ1v) is 7.90. The topological polar surface area (TPSA) is 18.5 Å². The van der Waals surface area contributed by atoms with Crippen LogP contribution in [0.1, 0.15) is 25.3 Å². The summed E-state index contributed by atoms with van der Waals surface area (Å²) < 4.78 is 0. The van der Waals surface area contributed by atoms with Gasteiger partial charge in [0.2, 0.25) is 0 Å². The van der Waals surface area contributed by atoms with Crippen molar-refractivity contribution >= 4 is 17.3 Å². The zero-order valence-corrected chi connectivity index (χ0v) is 13.6. The van der Waals surface area contributed by atoms with Gasteiger partial charge in [-0.25, -0.2) is 0 Å². The van der Waals surface area contributed by atoms with Crippen LogP contribution in [0.5, 0.6) is 0 Å². The summed E-state index contributed by atoms with van der Waals surface area (Å²) in [5.41, 5.74) is 2.49. The van der Waals surface area contributed by atoms with Gasteiger partial charge in [-0.05, 0) is 51.2 Å². The summed E-state index contributed by atoms with van der Waals surface area (Å²) in [5, 5.41) is 4.27. The molecule has 112 valence electrons. The molecule has 0 aromatic heterocycles. The smallest absolute Gasteiger partial charge is 0.0642 e. The first-order chi connectivity index (χ1) is 9.63. The number of anilines is 1. The number of para-hydroxylation sites is 1. The van der Waals surface area contributed by atoms with Crippen LogP contribution in [0.15, 0.2) is 18.2 Å². The lowest BCUT2D eigenvalue weighted by Crippen LogP contribution is -2.42. The van der Waals surface area contributed by atoms with Crippen LogP contribution in [-0.2, 0) is 6.54 Å². The highest BCUT2D eigenvalue weighted by Crippen LogP contribution is 2.32. The molecule has 0 unspecified atom stereocenters. The van der Waals surface area contributed by atoms with E-state index in [2.05, 4.69) is 42.2 Å². The Bertz CT molecular complexity index is 428. The van der Waals surface area contributed by atoms with Crippen molar-refractivity contribution in [1.29, 1.82) is 0 Å². The molecule has 0 aliphatic carbocycles. The minimum atomic E-state index is 0.589. The van der Waals surface area contributed by atoms with E-state index in [-0.39, 0.29) is 0 Å². The summed E-state index contributed by atoms with van der Waals surface area (Å²) in [7, 11) is 4.38. The van der Waals surface area contributed by atoms with Crippen molar-refractivity contribution in [1.82, 2.24) is 10.2 Å². The summed E-state index contributed by atoms with van der Waals surface area (Å²) in [5.74, 6) is 0. The minimum Gasteiger partial charge on any atom is -0.370 e. The molecule has 1 heterocycles. The average Bonchev–Trinajstić information content (AvgIpc) is 2.45. The second kappa shape index (κ2) is 7.30. The van der Waals surface area contributed by atoms with Crippen molar-refractivity contribution in [3.63, 3.8) is 0 Å². The van der Waals surface area contributed by atoms with Gasteiger partial charge in [0.05, 0.1) is 10.7 Å². The van der Waals surface area contributed by atoms with Crippen LogP contribution in [0.3, 0.4) is 0 Å². The molecule has 1 aromatic carbocycles. The van der Waals surface area contributed by atoms with Crippen molar-refractivity contribution in [2.24, 2.45) is 0 Å². The number of nitrogens with one attached hydrogen (secondary N) is 1. The van der Waals surface area contributed by atoms with E-state index in [1.165, 1.54) is 37.2 Å². The number of hydrogen-bond acceptors (Lipinski definition) is 3. The molecule has 1 aliphatic rings. The SMILES string of the molecule is CCNCc1cccc(Cl)c1N(C)C1CCN(C)CC1. The van der Waals surface area contributed by atoms with E-state index in [9.17, 15) is 0 Å². The van der Waals surface area contributed by atoms with Crippen molar-refractivity contribution in [3.05, 3.63) is 28.8 Å². The number of piperidine rings is 1. The Morgan fingerprint density at radius 3 is 2.70 bits per heavy atom. The fourth-order valence-corrected chi connectivity index (χ4v) is 3.25. The second-order valence-electron chi connectivity index (χ2n) is 5.67. The van der Waals surface area contributed by atoms with Crippen LogP contribution in [-0.4, -0.2) is 44.7 Å². The van der Waals surface area contributed by atoms with E-state index in [1.807, 2.05) is 12.1 Å². The van der Waals surface area contributed by atoms with Crippen molar-refractivity contribution in [2.75, 3.05) is 38.6 Å². The molecule has 1 aliphatic heterocycles. The van der Waals surface area contributed by atoms with Gasteiger partial charge < -0.3 is 15.1 Å². The molecular weight excluding hydrogens is 270 g/mol. The summed E-state index contributed by atoms with van der Waals surface area (Å²) in [6.45, 7) is 6.32. The number of likely N-dealkylation sites (tertiary alicyclic amines) is 1. The van der Waals surface area contributed by atoms with Crippen LogP contribution >= 0.6 is 11.6 Å². The summed E-state index contributed by atoms with van der Waals surface area (Å²) in [6.07, 6.45) is 2.41. The van der Waals surface area contributed by atoms with E-state index in [4.69, 9.17) is 11.6 Å². The molecule has 0 amide bonds. The van der Waals surface area contributed by atoms with Gasteiger partial charge >= 0.3 is 0 Å². The number of halogens is 1. The highest BCUT2D eigenvalue weighted by atomic mass is 35.5. The average molecular weight is 296 g/mol. The van der Waals surface area contributed by atoms with Gasteiger partial charge in [0.25, 0.3) is 0 Å². The molecular formula is C16H26ClN3. The van der Waals surface area contributed by atoms with Gasteiger partial charge in [0.15, 0.2) is 0 Å². The quantitative estimate of drug-likeness (QED) is 0.901. The molecule has 20 heavy (non-hydrogen) atoms. The highest BCUT2D eigenvalue weighted by molar-refractivity contribution is 6.33. The molecule has 4 heteroatoms. The largest absolute Gasteiger partial charge is 0.370 e. The van der Waals surface area contributed by atoms with Crippen LogP contribution in [0, 0.1) is 0 Å². The van der Waals surface area contributed by atoms with E-state index < -0.39 is 0 Å². The second-order valence-corrected chi connectivity index (χ2v) is 6.08. The normalized spacial score (nSPS) is 17.4. The number of rotatable bonds is 5. The number of nitrogens with zero attached hydrogens (tertiary/aromatic N) is 2. The third-order valence-electron chi connectivity index (χ3n) is 4.22. The maximum atomic E-state index is 6.47. The lowest BCUT2D eigenvalue weighted by Gasteiger charge is -2.37. The molecule has 0 radical (unpaired) electrons. The fraction of sp³-hybridized carbons (Fsp3) is 0.625. The molecule has 1 saturated heterocycles. The zero-order chi connectivity index (χ0) is 14.5. The number of benzene rings is 1. The minimum absolute atomic E-state index is 0.589. The van der Waals surface area contributed by atoms with Crippen LogP contribution in [0.25, 0.3) is 0 Å². The van der Waals surface area contributed by atoms with Gasteiger partial charge in [0, 0.05) is 19.6 Å². The Labute approximate surface area is 127 Å². The van der Waals surface area contributed by atoms with E-state index in [1.54, 1.807) is 0 Å². The van der Waals surface area contributed by atoms with Gasteiger partial charge in [-0.3, -0.25) is 0 Å². The molecule has 0 spiro atoms. The molecule has 3 nitrogen and oxygen atoms in total. The standard InChI is InChI=1S/C16H26ClN3/c1-4-18-12-13-6-5-7-15(17)16(13)20(3)14-8-10-19(2)11-9-14/h5-7,14,18H,4,8-12H2,1-3H3. The summed E-state index contributed by atoms with van der Waals surface area (Å²) >= 11 is 6.47. The Morgan fingerprint density at radius 1 is 1.35 bits per heavy atom. The predicted molar refractivity (Wildman–Crippen MR) is 87.8 cm³/mol. The van der Waals surface area contributed by atoms with Crippen molar-refractivity contribution < 1.29 is 0 Å². The van der Waals surface area contributed by atoms with Crippen LogP contribution in [0.2, 0.25) is 5.02 Å². The predicted octanol–water partition coefficient (Wildman–Crippen LogP) is 2.98. The van der Waals surface area contributed by atoms with Crippen LogP contribution in [0.4, 0.5) is 5.69 Å². The van der Waals surface area contributed by atoms with Crippen molar-refractivity contribution in [2.45, 2.75) is 32.4 Å². The Hall–Kier alpha value is -0.770. The lowest BCUT2D eigenvalue weighted by molar-refractivity contribution is 0.252. The van der Waals surface area contributed by atoms with Gasteiger partial charge in [0.1, 0.15) is 0 Å². The Balaban J connectivity index is 2.17. The maximum Gasteiger partial charge on any atom is 0.0642 e. The fourth-order valence-electron chi connectivity index (χ4n) is 2.92. The zero-order valence-electron chi connectivity index (χ0n) is 12.8. The Morgan fingerprint density at radius 2 is 2.05 bits per heavy atom. The highest BCUT2D eigenvalue weighted by Gasteiger charge is 2.23. The molecule has 0 bridgehead atoms. The van der Waals surface area contributed by atoms with Gasteiger partial charge in [-0.2, -0.15) is 0 Å². The third kappa shape index (κ3) is 3.66. The van der Waals surface area contributed by atoms with Crippen molar-refractivity contribution in [3.8, 4) is 0 Å². The first-order valence-electron chi connectivity index (χ1n) is 7.53. The monoisotopic (exact) mass is 295 g/mol. The molecule has 2 rings (SSSR count). The summed E-state index contributed by atoms with van der Waals surface area (Å²) in [4.78, 5) is 4.79. The van der Waals surface area contributed by atoms with E-state index in [0.717, 1.165) is 18.1 Å². The lowest BCUT2D eigenvalue weighted by atomic mass is 10.0. The third-order valence-corrected chi connectivity index (χ3v) is 4.53.